The number of nitrogens with one attached hydrogen (secondary N) is 2. The first-order valence-corrected chi connectivity index (χ1v) is 7.96. The summed E-state index contributed by atoms with van der Waals surface area (Å²) in [6, 6.07) is 5.10. The van der Waals surface area contributed by atoms with Crippen LogP contribution >= 0.6 is 0 Å². The molecule has 9 heteroatoms. The summed E-state index contributed by atoms with van der Waals surface area (Å²) in [4.78, 5) is 46.0. The molecule has 9 nitrogen and oxygen atoms in total. The molecular weight excluding hydrogens is 330 g/mol. The summed E-state index contributed by atoms with van der Waals surface area (Å²) in [5.74, 6) is -3.59. The molecule has 3 N–H and O–H groups in total. The number of carbonyl (C=O) groups is 3. The van der Waals surface area contributed by atoms with Crippen molar-refractivity contribution in [2.45, 2.75) is 19.3 Å². The largest absolute Gasteiger partial charge is 0.481 e. The Kier molecular flexibility index (Phi) is 4.39. The summed E-state index contributed by atoms with van der Waals surface area (Å²) in [6.07, 6.45) is 2.34. The second-order valence-electron chi connectivity index (χ2n) is 6.47. The molecule has 2 fully saturated rings. The van der Waals surface area contributed by atoms with Gasteiger partial charge in [0.15, 0.2) is 0 Å². The maximum Gasteiger partial charge on any atom is 0.307 e. The average Bonchev–Trinajstić information content (AvgIpc) is 3.20. The second kappa shape index (κ2) is 6.50. The van der Waals surface area contributed by atoms with Crippen LogP contribution in [0.15, 0.2) is 24.3 Å². The van der Waals surface area contributed by atoms with Crippen LogP contribution in [-0.2, 0) is 9.59 Å². The Balaban J connectivity index is 1.64. The van der Waals surface area contributed by atoms with Gasteiger partial charge < -0.3 is 5.11 Å². The van der Waals surface area contributed by atoms with Crippen molar-refractivity contribution in [1.29, 1.82) is 0 Å². The molecule has 0 aliphatic heterocycles. The quantitative estimate of drug-likeness (QED) is 0.551. The maximum atomic E-state index is 12.4. The number of non-ortho nitro benzene ring substituents is 1. The lowest BCUT2D eigenvalue weighted by atomic mass is 9.79. The second-order valence-corrected chi connectivity index (χ2v) is 6.47. The zero-order valence-corrected chi connectivity index (χ0v) is 13.2. The molecule has 1 aromatic rings. The van der Waals surface area contributed by atoms with Gasteiger partial charge in [-0.2, -0.15) is 0 Å². The number of hydrogen-bond donors (Lipinski definition) is 3. The third-order valence-electron chi connectivity index (χ3n) is 5.12. The molecule has 4 atom stereocenters. The Morgan fingerprint density at radius 1 is 1.12 bits per heavy atom. The SMILES string of the molecule is O=C(NNC(=O)C1C2CCC(C2)C1C(=O)O)c1cccc([N+](=O)[O-])c1. The molecule has 0 spiro atoms. The summed E-state index contributed by atoms with van der Waals surface area (Å²) in [6.45, 7) is 0. The molecule has 0 heterocycles. The van der Waals surface area contributed by atoms with Crippen molar-refractivity contribution in [3.63, 3.8) is 0 Å². The Morgan fingerprint density at radius 2 is 1.80 bits per heavy atom. The first-order valence-electron chi connectivity index (χ1n) is 7.96. The predicted molar refractivity (Wildman–Crippen MR) is 84.2 cm³/mol. The Morgan fingerprint density at radius 3 is 2.44 bits per heavy atom. The van der Waals surface area contributed by atoms with Gasteiger partial charge in [0, 0.05) is 17.7 Å². The van der Waals surface area contributed by atoms with Crippen molar-refractivity contribution in [2.75, 3.05) is 0 Å². The van der Waals surface area contributed by atoms with Crippen LogP contribution in [0.5, 0.6) is 0 Å². The predicted octanol–water partition coefficient (Wildman–Crippen LogP) is 1.10. The van der Waals surface area contributed by atoms with Gasteiger partial charge in [0.25, 0.3) is 11.6 Å². The number of carbonyl (C=O) groups excluding carboxylic acids is 2. The first-order chi connectivity index (χ1) is 11.9. The molecule has 4 unspecified atom stereocenters. The van der Waals surface area contributed by atoms with Gasteiger partial charge in [0.1, 0.15) is 0 Å². The van der Waals surface area contributed by atoms with Crippen molar-refractivity contribution < 1.29 is 24.4 Å². The van der Waals surface area contributed by atoms with Crippen LogP contribution in [0.1, 0.15) is 29.6 Å². The molecule has 25 heavy (non-hydrogen) atoms. The van der Waals surface area contributed by atoms with Gasteiger partial charge in [-0.1, -0.05) is 6.07 Å². The van der Waals surface area contributed by atoms with Crippen molar-refractivity contribution in [2.24, 2.45) is 23.7 Å². The molecule has 3 rings (SSSR count). The number of aliphatic carboxylic acids is 1. The maximum absolute atomic E-state index is 12.4. The highest BCUT2D eigenvalue weighted by molar-refractivity contribution is 5.96. The van der Waals surface area contributed by atoms with E-state index in [-0.39, 0.29) is 23.1 Å². The Hall–Kier alpha value is -2.97. The van der Waals surface area contributed by atoms with E-state index >= 15 is 0 Å². The number of rotatable bonds is 4. The third kappa shape index (κ3) is 3.17. The average molecular weight is 347 g/mol. The fourth-order valence-electron chi connectivity index (χ4n) is 4.06. The Labute approximate surface area is 142 Å². The highest BCUT2D eigenvalue weighted by Gasteiger charge is 2.54. The molecule has 2 bridgehead atoms. The lowest BCUT2D eigenvalue weighted by Crippen LogP contribution is -2.48. The minimum Gasteiger partial charge on any atom is -0.481 e. The van der Waals surface area contributed by atoms with Gasteiger partial charge in [-0.3, -0.25) is 35.3 Å². The van der Waals surface area contributed by atoms with Crippen LogP contribution in [0.4, 0.5) is 5.69 Å². The molecule has 2 aliphatic rings. The lowest BCUT2D eigenvalue weighted by Gasteiger charge is -2.26. The number of fused-ring (bicyclic) bond motifs is 2. The molecule has 132 valence electrons. The Bertz CT molecular complexity index is 749. The minimum absolute atomic E-state index is 0.00530. The zero-order chi connectivity index (χ0) is 18.1. The van der Waals surface area contributed by atoms with E-state index in [1.807, 2.05) is 0 Å². The monoisotopic (exact) mass is 347 g/mol. The standard InChI is InChI=1S/C16H17N3O6/c20-14(10-2-1-3-11(7-10)19(24)25)17-18-15(21)12-8-4-5-9(6-8)13(12)16(22)23/h1-3,7-9,12-13H,4-6H2,(H,17,20)(H,18,21)(H,22,23). The number of carboxylic acid groups (broad SMARTS) is 1. The van der Waals surface area contributed by atoms with E-state index in [1.165, 1.54) is 18.2 Å². The topological polar surface area (TPSA) is 139 Å². The van der Waals surface area contributed by atoms with E-state index in [1.54, 1.807) is 0 Å². The van der Waals surface area contributed by atoms with Crippen LogP contribution in [0.25, 0.3) is 0 Å². The van der Waals surface area contributed by atoms with Gasteiger partial charge in [-0.15, -0.1) is 0 Å². The summed E-state index contributed by atoms with van der Waals surface area (Å²) >= 11 is 0. The molecule has 0 radical (unpaired) electrons. The minimum atomic E-state index is -0.989. The van der Waals surface area contributed by atoms with Crippen LogP contribution in [0, 0.1) is 33.8 Å². The van der Waals surface area contributed by atoms with E-state index in [0.717, 1.165) is 18.9 Å². The molecule has 2 amide bonds. The van der Waals surface area contributed by atoms with Crippen LogP contribution < -0.4 is 10.9 Å². The highest BCUT2D eigenvalue weighted by atomic mass is 16.6. The first kappa shape index (κ1) is 16.9. The fraction of sp³-hybridized carbons (Fsp3) is 0.438. The molecule has 2 saturated carbocycles. The van der Waals surface area contributed by atoms with Crippen molar-refractivity contribution >= 4 is 23.5 Å². The van der Waals surface area contributed by atoms with Gasteiger partial charge in [-0.25, -0.2) is 0 Å². The van der Waals surface area contributed by atoms with Crippen LogP contribution in [0.2, 0.25) is 0 Å². The molecule has 1 aromatic carbocycles. The molecule has 0 aromatic heterocycles. The number of amides is 2. The van der Waals surface area contributed by atoms with E-state index in [0.29, 0.717) is 6.42 Å². The summed E-state index contributed by atoms with van der Waals surface area (Å²) in [5, 5.41) is 20.1. The zero-order valence-electron chi connectivity index (χ0n) is 13.2. The number of hydrogen-bond acceptors (Lipinski definition) is 5. The molecular formula is C16H17N3O6. The van der Waals surface area contributed by atoms with Crippen molar-refractivity contribution in [1.82, 2.24) is 10.9 Å². The van der Waals surface area contributed by atoms with Gasteiger partial charge >= 0.3 is 5.97 Å². The summed E-state index contributed by atoms with van der Waals surface area (Å²) in [5.41, 5.74) is 4.26. The van der Waals surface area contributed by atoms with E-state index in [2.05, 4.69) is 10.9 Å². The number of nitro groups is 1. The number of nitrogens with zero attached hydrogens (tertiary/aromatic N) is 1. The summed E-state index contributed by atoms with van der Waals surface area (Å²) < 4.78 is 0. The third-order valence-corrected chi connectivity index (χ3v) is 5.12. The van der Waals surface area contributed by atoms with Gasteiger partial charge in [-0.05, 0) is 37.2 Å². The number of nitro benzene ring substituents is 1. The normalized spacial score (nSPS) is 26.9. The van der Waals surface area contributed by atoms with E-state index < -0.39 is 34.5 Å². The van der Waals surface area contributed by atoms with Crippen LogP contribution in [0.3, 0.4) is 0 Å². The fourth-order valence-corrected chi connectivity index (χ4v) is 4.06. The molecule has 2 aliphatic carbocycles. The van der Waals surface area contributed by atoms with E-state index in [4.69, 9.17) is 0 Å². The number of hydrazine groups is 1. The van der Waals surface area contributed by atoms with Crippen LogP contribution in [-0.4, -0.2) is 27.8 Å². The van der Waals surface area contributed by atoms with Crippen molar-refractivity contribution in [3.05, 3.63) is 39.9 Å². The van der Waals surface area contributed by atoms with Crippen molar-refractivity contribution in [3.8, 4) is 0 Å². The summed E-state index contributed by atoms with van der Waals surface area (Å²) in [7, 11) is 0. The highest BCUT2D eigenvalue weighted by Crippen LogP contribution is 2.52. The van der Waals surface area contributed by atoms with Gasteiger partial charge in [0.05, 0.1) is 16.8 Å². The van der Waals surface area contributed by atoms with Gasteiger partial charge in [0.2, 0.25) is 5.91 Å². The number of carboxylic acids is 1. The molecule has 0 saturated heterocycles. The lowest BCUT2D eigenvalue weighted by molar-refractivity contribution is -0.384. The number of benzene rings is 1. The van der Waals surface area contributed by atoms with E-state index in [9.17, 15) is 29.6 Å². The smallest absolute Gasteiger partial charge is 0.307 e.